The van der Waals surface area contributed by atoms with Gasteiger partial charge in [0.05, 0.1) is 17.2 Å². The van der Waals surface area contributed by atoms with E-state index >= 15 is 0 Å². The smallest absolute Gasteiger partial charge is 0.416 e. The number of aromatic nitrogens is 1. The van der Waals surface area contributed by atoms with E-state index in [-0.39, 0.29) is 36.7 Å². The number of carbonyl (C=O) groups excluding carboxylic acids is 2. The zero-order chi connectivity index (χ0) is 30.2. The van der Waals surface area contributed by atoms with E-state index in [0.717, 1.165) is 12.3 Å². The maximum absolute atomic E-state index is 14.0. The molecular formula is C26H31F6N5O3. The summed E-state index contributed by atoms with van der Waals surface area (Å²) in [4.78, 5) is 35.6. The first-order chi connectivity index (χ1) is 18.3. The van der Waals surface area contributed by atoms with Gasteiger partial charge in [0.2, 0.25) is 5.91 Å². The summed E-state index contributed by atoms with van der Waals surface area (Å²) in [6, 6.07) is 1.03. The number of hydrogen-bond acceptors (Lipinski definition) is 6. The minimum atomic E-state index is -4.88. The van der Waals surface area contributed by atoms with E-state index in [9.17, 15) is 35.9 Å². The molecule has 0 radical (unpaired) electrons. The van der Waals surface area contributed by atoms with Crippen molar-refractivity contribution in [3.05, 3.63) is 41.7 Å². The molecule has 14 heteroatoms. The third-order valence-corrected chi connectivity index (χ3v) is 6.37. The molecule has 0 saturated carbocycles. The number of allylic oxidation sites excluding steroid dienone is 1. The lowest BCUT2D eigenvalue weighted by molar-refractivity contribution is -0.169. The minimum Gasteiger partial charge on any atom is -0.444 e. The van der Waals surface area contributed by atoms with Crippen LogP contribution in [0.3, 0.4) is 0 Å². The van der Waals surface area contributed by atoms with Gasteiger partial charge in [-0.3, -0.25) is 4.79 Å². The molecule has 3 heterocycles. The van der Waals surface area contributed by atoms with Crippen LogP contribution in [0.15, 0.2) is 35.5 Å². The van der Waals surface area contributed by atoms with Crippen molar-refractivity contribution in [2.45, 2.75) is 65.0 Å². The number of nitrogens with one attached hydrogen (secondary N) is 1. The summed E-state index contributed by atoms with van der Waals surface area (Å²) in [6.07, 6.45) is -10.3. The van der Waals surface area contributed by atoms with Gasteiger partial charge < -0.3 is 19.9 Å². The van der Waals surface area contributed by atoms with Crippen molar-refractivity contribution >= 4 is 29.2 Å². The standard InChI is InChI=1S/C26H31F6N5O3/c1-7-33-22-21(17(26(30,31)32)12-20(38)35-22)15(3)18-10-16(25(27,28)29)11-19(34-18)36-8-9-37(14(2)13-36)23(39)40-24(4,5)6/h7,10-11,14,17H,1,8-9,12-13H2,2-6H3,(H,33,35,38)/b21-15+. The van der Waals surface area contributed by atoms with Crippen LogP contribution in [0, 0.1) is 5.92 Å². The van der Waals surface area contributed by atoms with Gasteiger partial charge in [-0.25, -0.2) is 14.8 Å². The molecule has 2 saturated heterocycles. The van der Waals surface area contributed by atoms with Gasteiger partial charge in [0.1, 0.15) is 17.3 Å². The highest BCUT2D eigenvalue weighted by atomic mass is 19.4. The van der Waals surface area contributed by atoms with Crippen molar-refractivity contribution in [2.24, 2.45) is 10.9 Å². The van der Waals surface area contributed by atoms with Crippen LogP contribution < -0.4 is 10.2 Å². The summed E-state index contributed by atoms with van der Waals surface area (Å²) in [7, 11) is 0. The fourth-order valence-corrected chi connectivity index (χ4v) is 4.54. The number of rotatable bonds is 3. The Morgan fingerprint density at radius 3 is 2.35 bits per heavy atom. The van der Waals surface area contributed by atoms with Crippen LogP contribution in [0.4, 0.5) is 37.0 Å². The minimum absolute atomic E-state index is 0.104. The van der Waals surface area contributed by atoms with E-state index in [1.54, 1.807) is 27.7 Å². The Morgan fingerprint density at radius 2 is 1.82 bits per heavy atom. The predicted octanol–water partition coefficient (Wildman–Crippen LogP) is 5.56. The average molecular weight is 576 g/mol. The zero-order valence-corrected chi connectivity index (χ0v) is 22.7. The van der Waals surface area contributed by atoms with E-state index in [2.05, 4.69) is 21.9 Å². The number of carbonyl (C=O) groups is 2. The second kappa shape index (κ2) is 11.1. The van der Waals surface area contributed by atoms with Gasteiger partial charge in [-0.2, -0.15) is 26.3 Å². The van der Waals surface area contributed by atoms with Crippen molar-refractivity contribution in [1.29, 1.82) is 0 Å². The fraction of sp³-hybridized carbons (Fsp3) is 0.538. The molecule has 0 bridgehead atoms. The number of halogens is 6. The van der Waals surface area contributed by atoms with Gasteiger partial charge in [-0.15, -0.1) is 0 Å². The molecule has 2 unspecified atom stereocenters. The Balaban J connectivity index is 2.09. The van der Waals surface area contributed by atoms with E-state index < -0.39 is 65.3 Å². The Hall–Kier alpha value is -3.58. The summed E-state index contributed by atoms with van der Waals surface area (Å²) in [6.45, 7) is 11.7. The van der Waals surface area contributed by atoms with Gasteiger partial charge in [0.25, 0.3) is 0 Å². The lowest BCUT2D eigenvalue weighted by Crippen LogP contribution is -2.55. The molecule has 8 nitrogen and oxygen atoms in total. The average Bonchev–Trinajstić information content (AvgIpc) is 2.81. The molecule has 2 aliphatic heterocycles. The van der Waals surface area contributed by atoms with E-state index in [1.807, 2.05) is 0 Å². The Kier molecular flexibility index (Phi) is 8.61. The number of aliphatic imine (C=N–C) groups is 1. The molecule has 3 rings (SSSR count). The predicted molar refractivity (Wildman–Crippen MR) is 136 cm³/mol. The number of piperazine rings is 1. The number of anilines is 1. The second-order valence-electron chi connectivity index (χ2n) is 10.6. The molecule has 40 heavy (non-hydrogen) atoms. The summed E-state index contributed by atoms with van der Waals surface area (Å²) in [5, 5.41) is 2.25. The Bertz CT molecular complexity index is 1230. The molecule has 2 aliphatic rings. The van der Waals surface area contributed by atoms with Crippen LogP contribution in [-0.2, 0) is 15.7 Å². The summed E-state index contributed by atoms with van der Waals surface area (Å²) in [5.41, 5.74) is -2.93. The molecule has 2 atom stereocenters. The molecule has 0 aromatic carbocycles. The lowest BCUT2D eigenvalue weighted by atomic mass is 9.85. The van der Waals surface area contributed by atoms with Crippen LogP contribution in [0.2, 0.25) is 0 Å². The van der Waals surface area contributed by atoms with Crippen LogP contribution >= 0.6 is 0 Å². The van der Waals surface area contributed by atoms with E-state index in [4.69, 9.17) is 4.74 Å². The van der Waals surface area contributed by atoms with Gasteiger partial charge in [-0.05, 0) is 52.3 Å². The number of amidine groups is 1. The number of ether oxygens (including phenoxy) is 1. The van der Waals surface area contributed by atoms with Gasteiger partial charge in [-0.1, -0.05) is 6.58 Å². The number of pyridine rings is 1. The highest BCUT2D eigenvalue weighted by Gasteiger charge is 2.48. The first-order valence-electron chi connectivity index (χ1n) is 12.4. The molecule has 1 aromatic heterocycles. The maximum Gasteiger partial charge on any atom is 0.416 e. The largest absolute Gasteiger partial charge is 0.444 e. The van der Waals surface area contributed by atoms with Gasteiger partial charge in [0, 0.05) is 43.9 Å². The van der Waals surface area contributed by atoms with Crippen molar-refractivity contribution in [2.75, 3.05) is 24.5 Å². The molecular weight excluding hydrogens is 544 g/mol. The zero-order valence-electron chi connectivity index (χ0n) is 22.7. The SMILES string of the molecule is C=CN=C1NC(=O)CC(C(F)(F)F)/C1=C(/C)c1cc(C(F)(F)F)cc(N2CCN(C(=O)OC(C)(C)C)C(C)C2)n1. The maximum atomic E-state index is 14.0. The molecule has 0 spiro atoms. The Labute approximate surface area is 227 Å². The highest BCUT2D eigenvalue weighted by molar-refractivity contribution is 6.14. The third kappa shape index (κ3) is 7.13. The van der Waals surface area contributed by atoms with Crippen molar-refractivity contribution < 1.29 is 40.7 Å². The topological polar surface area (TPSA) is 87.1 Å². The molecule has 2 fully saturated rings. The lowest BCUT2D eigenvalue weighted by Gasteiger charge is -2.41. The second-order valence-corrected chi connectivity index (χ2v) is 10.6. The van der Waals surface area contributed by atoms with Crippen LogP contribution in [-0.4, -0.2) is 65.2 Å². The van der Waals surface area contributed by atoms with Gasteiger partial charge in [0.15, 0.2) is 0 Å². The summed E-state index contributed by atoms with van der Waals surface area (Å²) < 4.78 is 89.2. The molecule has 1 aromatic rings. The normalized spacial score (nSPS) is 23.2. The van der Waals surface area contributed by atoms with Gasteiger partial charge >= 0.3 is 18.4 Å². The number of amides is 2. The molecule has 2 amide bonds. The Morgan fingerprint density at radius 1 is 1.18 bits per heavy atom. The molecule has 0 aliphatic carbocycles. The quantitative estimate of drug-likeness (QED) is 0.477. The van der Waals surface area contributed by atoms with E-state index in [1.165, 1.54) is 16.7 Å². The number of piperidine rings is 1. The molecule has 1 N–H and O–H groups in total. The number of alkyl halides is 6. The number of nitrogens with zero attached hydrogens (tertiary/aromatic N) is 4. The molecule has 220 valence electrons. The van der Waals surface area contributed by atoms with Crippen LogP contribution in [0.1, 0.15) is 52.3 Å². The number of hydrogen-bond donors (Lipinski definition) is 1. The summed E-state index contributed by atoms with van der Waals surface area (Å²) >= 11 is 0. The highest BCUT2D eigenvalue weighted by Crippen LogP contribution is 2.41. The first-order valence-corrected chi connectivity index (χ1v) is 12.4. The summed E-state index contributed by atoms with van der Waals surface area (Å²) in [5.74, 6) is -3.82. The van der Waals surface area contributed by atoms with Crippen molar-refractivity contribution in [3.8, 4) is 0 Å². The van der Waals surface area contributed by atoms with Crippen LogP contribution in [0.25, 0.3) is 5.57 Å². The first kappa shape index (κ1) is 31.0. The monoisotopic (exact) mass is 575 g/mol. The fourth-order valence-electron chi connectivity index (χ4n) is 4.54. The van der Waals surface area contributed by atoms with Crippen LogP contribution in [0.5, 0.6) is 0 Å². The third-order valence-electron chi connectivity index (χ3n) is 6.37. The van der Waals surface area contributed by atoms with Crippen molar-refractivity contribution in [3.63, 3.8) is 0 Å². The van der Waals surface area contributed by atoms with Crippen molar-refractivity contribution in [1.82, 2.24) is 15.2 Å². The van der Waals surface area contributed by atoms with E-state index in [0.29, 0.717) is 6.07 Å².